The summed E-state index contributed by atoms with van der Waals surface area (Å²) in [6.45, 7) is 0.106. The molecular formula is C5H6O4. The maximum Gasteiger partial charge on any atom is 0.342 e. The van der Waals surface area contributed by atoms with Crippen molar-refractivity contribution in [3.8, 4) is 0 Å². The van der Waals surface area contributed by atoms with Gasteiger partial charge in [-0.1, -0.05) is 0 Å². The van der Waals surface area contributed by atoms with Crippen LogP contribution in [-0.2, 0) is 14.3 Å². The summed E-state index contributed by atoms with van der Waals surface area (Å²) in [4.78, 5) is 20.8. The Bertz CT molecular complexity index is 135. The molecular weight excluding hydrogens is 124 g/mol. The number of esters is 1. The molecule has 0 aromatic heterocycles. The maximum absolute atomic E-state index is 10.5. The van der Waals surface area contributed by atoms with Crippen molar-refractivity contribution in [1.29, 1.82) is 0 Å². The van der Waals surface area contributed by atoms with Crippen LogP contribution in [0.4, 0.5) is 0 Å². The molecule has 1 N–H and O–H groups in total. The average Bonchev–Trinajstić information content (AvgIpc) is 1.83. The van der Waals surface area contributed by atoms with Crippen LogP contribution < -0.4 is 0 Å². The molecule has 0 spiro atoms. The van der Waals surface area contributed by atoms with Crippen LogP contribution >= 0.6 is 0 Å². The highest BCUT2D eigenvalue weighted by atomic mass is 16.5. The molecule has 4 heteroatoms. The molecule has 4 nitrogen and oxygen atoms in total. The fourth-order valence-corrected chi connectivity index (χ4v) is 0.599. The lowest BCUT2D eigenvalue weighted by Crippen LogP contribution is -2.37. The van der Waals surface area contributed by atoms with E-state index in [0.29, 0.717) is 0 Å². The highest BCUT2D eigenvalue weighted by molar-refractivity contribution is 6.03. The van der Waals surface area contributed by atoms with E-state index < -0.39 is 17.9 Å². The molecule has 1 heterocycles. The quantitative estimate of drug-likeness (QED) is 0.332. The van der Waals surface area contributed by atoms with Gasteiger partial charge in [-0.2, -0.15) is 0 Å². The number of Topliss-reactive ketones (excluding diaryl/α,β-unsaturated/α-hetero) is 1. The number of aliphatic hydroxyl groups excluding tert-OH is 1. The number of cyclic esters (lactones) is 1. The summed E-state index contributed by atoms with van der Waals surface area (Å²) < 4.78 is 4.35. The summed E-state index contributed by atoms with van der Waals surface area (Å²) in [5.74, 6) is -1.28. The lowest BCUT2D eigenvalue weighted by atomic mass is 10.1. The van der Waals surface area contributed by atoms with Crippen molar-refractivity contribution in [2.45, 2.75) is 12.5 Å². The van der Waals surface area contributed by atoms with E-state index in [2.05, 4.69) is 4.74 Å². The molecule has 0 aromatic carbocycles. The molecule has 0 saturated carbocycles. The SMILES string of the molecule is O=C1CCOC(=O)[C@H]1O. The van der Waals surface area contributed by atoms with Gasteiger partial charge in [-0.15, -0.1) is 0 Å². The molecule has 0 amide bonds. The van der Waals surface area contributed by atoms with Crippen molar-refractivity contribution in [2.24, 2.45) is 0 Å². The predicted molar refractivity (Wildman–Crippen MR) is 26.6 cm³/mol. The van der Waals surface area contributed by atoms with Crippen LogP contribution in [-0.4, -0.2) is 29.6 Å². The maximum atomic E-state index is 10.5. The van der Waals surface area contributed by atoms with Crippen molar-refractivity contribution < 1.29 is 19.4 Å². The monoisotopic (exact) mass is 130 g/mol. The third kappa shape index (κ3) is 1.08. The van der Waals surface area contributed by atoms with Gasteiger partial charge in [0.25, 0.3) is 0 Å². The molecule has 0 unspecified atom stereocenters. The minimum Gasteiger partial charge on any atom is -0.463 e. The second-order valence-electron chi connectivity index (χ2n) is 1.79. The summed E-state index contributed by atoms with van der Waals surface area (Å²) in [6.07, 6.45) is -1.40. The van der Waals surface area contributed by atoms with E-state index in [1.165, 1.54) is 0 Å². The van der Waals surface area contributed by atoms with Crippen molar-refractivity contribution in [3.63, 3.8) is 0 Å². The molecule has 1 aliphatic rings. The number of hydrogen-bond acceptors (Lipinski definition) is 4. The predicted octanol–water partition coefficient (Wildman–Crippen LogP) is -1.14. The summed E-state index contributed by atoms with van der Waals surface area (Å²) in [6, 6.07) is 0. The van der Waals surface area contributed by atoms with Gasteiger partial charge in [0, 0.05) is 6.42 Å². The Morgan fingerprint density at radius 2 is 2.22 bits per heavy atom. The first-order chi connectivity index (χ1) is 4.22. The standard InChI is InChI=1S/C5H6O4/c6-3-1-2-9-5(8)4(3)7/h4,7H,1-2H2/t4-/m0/s1. The smallest absolute Gasteiger partial charge is 0.342 e. The Morgan fingerprint density at radius 1 is 1.56 bits per heavy atom. The van der Waals surface area contributed by atoms with Crippen LogP contribution in [0.2, 0.25) is 0 Å². The second kappa shape index (κ2) is 2.14. The highest BCUT2D eigenvalue weighted by Gasteiger charge is 2.29. The van der Waals surface area contributed by atoms with Crippen LogP contribution in [0.3, 0.4) is 0 Å². The molecule has 0 aliphatic carbocycles. The van der Waals surface area contributed by atoms with E-state index >= 15 is 0 Å². The van der Waals surface area contributed by atoms with Crippen molar-refractivity contribution in [2.75, 3.05) is 6.61 Å². The molecule has 9 heavy (non-hydrogen) atoms. The molecule has 0 bridgehead atoms. The van der Waals surface area contributed by atoms with E-state index in [9.17, 15) is 9.59 Å². The minimum absolute atomic E-state index is 0.106. The Balaban J connectivity index is 2.62. The highest BCUT2D eigenvalue weighted by Crippen LogP contribution is 2.02. The van der Waals surface area contributed by atoms with Gasteiger partial charge in [0.05, 0.1) is 6.61 Å². The largest absolute Gasteiger partial charge is 0.463 e. The zero-order chi connectivity index (χ0) is 6.85. The minimum atomic E-state index is -1.53. The topological polar surface area (TPSA) is 63.6 Å². The number of hydrogen-bond donors (Lipinski definition) is 1. The zero-order valence-electron chi connectivity index (χ0n) is 4.66. The van der Waals surface area contributed by atoms with E-state index in [1.54, 1.807) is 0 Å². The Labute approximate surface area is 51.4 Å². The van der Waals surface area contributed by atoms with Gasteiger partial charge in [0.1, 0.15) is 0 Å². The fraction of sp³-hybridized carbons (Fsp3) is 0.600. The first-order valence-corrected chi connectivity index (χ1v) is 2.59. The number of carbonyl (C=O) groups excluding carboxylic acids is 2. The van der Waals surface area contributed by atoms with Crippen molar-refractivity contribution in [3.05, 3.63) is 0 Å². The van der Waals surface area contributed by atoms with Crippen molar-refractivity contribution >= 4 is 11.8 Å². The number of rotatable bonds is 0. The number of ketones is 1. The van der Waals surface area contributed by atoms with Crippen LogP contribution in [0, 0.1) is 0 Å². The van der Waals surface area contributed by atoms with E-state index in [0.717, 1.165) is 0 Å². The van der Waals surface area contributed by atoms with Gasteiger partial charge in [-0.25, -0.2) is 4.79 Å². The third-order valence-corrected chi connectivity index (χ3v) is 1.12. The Morgan fingerprint density at radius 3 is 2.67 bits per heavy atom. The molecule has 50 valence electrons. The fourth-order valence-electron chi connectivity index (χ4n) is 0.599. The van der Waals surface area contributed by atoms with Crippen LogP contribution in [0.15, 0.2) is 0 Å². The molecule has 1 atom stereocenters. The Kier molecular flexibility index (Phi) is 1.48. The van der Waals surface area contributed by atoms with Gasteiger partial charge in [0.15, 0.2) is 5.78 Å². The Hall–Kier alpha value is -0.900. The van der Waals surface area contributed by atoms with Gasteiger partial charge >= 0.3 is 5.97 Å². The summed E-state index contributed by atoms with van der Waals surface area (Å²) in [5, 5.41) is 8.62. The molecule has 1 fully saturated rings. The van der Waals surface area contributed by atoms with Gasteiger partial charge in [-0.05, 0) is 0 Å². The molecule has 1 aliphatic heterocycles. The molecule has 0 radical (unpaired) electrons. The lowest BCUT2D eigenvalue weighted by Gasteiger charge is -2.14. The van der Waals surface area contributed by atoms with E-state index in [4.69, 9.17) is 5.11 Å². The molecule has 0 aromatic rings. The normalized spacial score (nSPS) is 27.9. The van der Waals surface area contributed by atoms with Gasteiger partial charge in [-0.3, -0.25) is 4.79 Å². The average molecular weight is 130 g/mol. The molecule has 1 rings (SSSR count). The molecule has 1 saturated heterocycles. The van der Waals surface area contributed by atoms with E-state index in [1.807, 2.05) is 0 Å². The summed E-state index contributed by atoms with van der Waals surface area (Å²) in [5.41, 5.74) is 0. The van der Waals surface area contributed by atoms with Gasteiger partial charge < -0.3 is 9.84 Å². The zero-order valence-corrected chi connectivity index (χ0v) is 4.66. The lowest BCUT2D eigenvalue weighted by molar-refractivity contribution is -0.163. The first kappa shape index (κ1) is 6.22. The van der Waals surface area contributed by atoms with Gasteiger partial charge in [0.2, 0.25) is 6.10 Å². The number of ether oxygens (including phenoxy) is 1. The summed E-state index contributed by atoms with van der Waals surface area (Å²) in [7, 11) is 0. The van der Waals surface area contributed by atoms with Crippen LogP contribution in [0.1, 0.15) is 6.42 Å². The summed E-state index contributed by atoms with van der Waals surface area (Å²) >= 11 is 0. The number of carbonyl (C=O) groups is 2. The van der Waals surface area contributed by atoms with Crippen LogP contribution in [0.25, 0.3) is 0 Å². The van der Waals surface area contributed by atoms with Crippen LogP contribution in [0.5, 0.6) is 0 Å². The van der Waals surface area contributed by atoms with Crippen molar-refractivity contribution in [1.82, 2.24) is 0 Å². The van der Waals surface area contributed by atoms with E-state index in [-0.39, 0.29) is 13.0 Å². The first-order valence-electron chi connectivity index (χ1n) is 2.59. The second-order valence-corrected chi connectivity index (χ2v) is 1.79. The number of aliphatic hydroxyl groups is 1. The third-order valence-electron chi connectivity index (χ3n) is 1.12.